The Morgan fingerprint density at radius 1 is 1.14 bits per heavy atom. The Bertz CT molecular complexity index is 380. The van der Waals surface area contributed by atoms with E-state index in [2.05, 4.69) is 50.0 Å². The molecule has 0 aromatic heterocycles. The highest BCUT2D eigenvalue weighted by Gasteiger charge is 2.32. The van der Waals surface area contributed by atoms with Gasteiger partial charge >= 0.3 is 0 Å². The Morgan fingerprint density at radius 2 is 1.81 bits per heavy atom. The molecule has 0 aliphatic heterocycles. The van der Waals surface area contributed by atoms with Crippen LogP contribution in [0.1, 0.15) is 46.1 Å². The molecule has 3 heteroatoms. The van der Waals surface area contributed by atoms with Gasteiger partial charge in [0.05, 0.1) is 12.1 Å². The molecular formula is C18H32N2O. The van der Waals surface area contributed by atoms with Crippen LogP contribution in [0.25, 0.3) is 0 Å². The molecule has 21 heavy (non-hydrogen) atoms. The molecule has 0 fully saturated rings. The van der Waals surface area contributed by atoms with E-state index in [9.17, 15) is 5.11 Å². The van der Waals surface area contributed by atoms with E-state index in [-0.39, 0.29) is 12.1 Å². The van der Waals surface area contributed by atoms with Crippen LogP contribution in [0, 0.1) is 0 Å². The van der Waals surface area contributed by atoms with E-state index >= 15 is 0 Å². The first-order chi connectivity index (χ1) is 10.1. The highest BCUT2D eigenvalue weighted by Crippen LogP contribution is 2.26. The van der Waals surface area contributed by atoms with Crippen molar-refractivity contribution in [1.29, 1.82) is 0 Å². The average molecular weight is 292 g/mol. The smallest absolute Gasteiger partial charge is 0.0683 e. The lowest BCUT2D eigenvalue weighted by Crippen LogP contribution is -2.50. The molecule has 0 aliphatic rings. The van der Waals surface area contributed by atoms with Crippen molar-refractivity contribution >= 4 is 0 Å². The summed E-state index contributed by atoms with van der Waals surface area (Å²) in [7, 11) is 0. The van der Waals surface area contributed by atoms with Crippen LogP contribution in [0.3, 0.4) is 0 Å². The Hall–Kier alpha value is -0.900. The first-order valence-electron chi connectivity index (χ1n) is 8.24. The van der Waals surface area contributed by atoms with Crippen molar-refractivity contribution in [1.82, 2.24) is 10.2 Å². The van der Waals surface area contributed by atoms with Crippen LogP contribution < -0.4 is 5.32 Å². The molecule has 1 aromatic carbocycles. The molecule has 0 saturated heterocycles. The Kier molecular flexibility index (Phi) is 7.94. The standard InChI is InChI=1S/C18H32N2O/c1-5-13-20(6-2)14-12-18(15-21,19-16(3)4)17-10-8-7-9-11-17/h7-11,16,19,21H,5-6,12-15H2,1-4H3. The van der Waals surface area contributed by atoms with Gasteiger partial charge in [-0.25, -0.2) is 0 Å². The molecule has 0 radical (unpaired) electrons. The molecule has 120 valence electrons. The van der Waals surface area contributed by atoms with Crippen LogP contribution >= 0.6 is 0 Å². The molecule has 1 aromatic rings. The van der Waals surface area contributed by atoms with Crippen molar-refractivity contribution < 1.29 is 5.11 Å². The van der Waals surface area contributed by atoms with Gasteiger partial charge in [0.25, 0.3) is 0 Å². The Balaban J connectivity index is 2.91. The van der Waals surface area contributed by atoms with Gasteiger partial charge in [-0.3, -0.25) is 0 Å². The number of hydrogen-bond donors (Lipinski definition) is 2. The lowest BCUT2D eigenvalue weighted by molar-refractivity contribution is 0.124. The van der Waals surface area contributed by atoms with Crippen LogP contribution in [-0.4, -0.2) is 42.3 Å². The first-order valence-corrected chi connectivity index (χ1v) is 8.24. The molecule has 0 spiro atoms. The highest BCUT2D eigenvalue weighted by atomic mass is 16.3. The van der Waals surface area contributed by atoms with Crippen LogP contribution in [-0.2, 0) is 5.54 Å². The predicted octanol–water partition coefficient (Wildman–Crippen LogP) is 2.99. The summed E-state index contributed by atoms with van der Waals surface area (Å²) in [5.74, 6) is 0. The van der Waals surface area contributed by atoms with Gasteiger partial charge in [-0.1, -0.05) is 44.2 Å². The van der Waals surface area contributed by atoms with Crippen LogP contribution in [0.4, 0.5) is 0 Å². The largest absolute Gasteiger partial charge is 0.394 e. The third kappa shape index (κ3) is 5.42. The second-order valence-electron chi connectivity index (χ2n) is 6.09. The van der Waals surface area contributed by atoms with Crippen molar-refractivity contribution in [3.05, 3.63) is 35.9 Å². The maximum Gasteiger partial charge on any atom is 0.0683 e. The summed E-state index contributed by atoms with van der Waals surface area (Å²) in [5.41, 5.74) is 0.824. The SMILES string of the molecule is CCCN(CC)CCC(CO)(NC(C)C)c1ccccc1. The van der Waals surface area contributed by atoms with Crippen molar-refractivity contribution in [3.63, 3.8) is 0 Å². The maximum atomic E-state index is 10.1. The second-order valence-corrected chi connectivity index (χ2v) is 6.09. The molecule has 0 saturated carbocycles. The number of benzene rings is 1. The van der Waals surface area contributed by atoms with Crippen LogP contribution in [0.2, 0.25) is 0 Å². The second kappa shape index (κ2) is 9.19. The molecule has 2 N–H and O–H groups in total. The van der Waals surface area contributed by atoms with E-state index in [1.165, 1.54) is 12.0 Å². The summed E-state index contributed by atoms with van der Waals surface area (Å²) in [6.45, 7) is 12.0. The third-order valence-electron chi connectivity index (χ3n) is 4.00. The molecule has 0 aliphatic carbocycles. The Labute approximate surface area is 130 Å². The molecule has 3 nitrogen and oxygen atoms in total. The summed E-state index contributed by atoms with van der Waals surface area (Å²) in [6.07, 6.45) is 2.09. The summed E-state index contributed by atoms with van der Waals surface area (Å²) in [5, 5.41) is 13.7. The normalized spacial score (nSPS) is 14.6. The molecule has 1 unspecified atom stereocenters. The summed E-state index contributed by atoms with van der Waals surface area (Å²) < 4.78 is 0. The van der Waals surface area contributed by atoms with E-state index in [0.29, 0.717) is 6.04 Å². The minimum atomic E-state index is -0.351. The lowest BCUT2D eigenvalue weighted by atomic mass is 9.86. The lowest BCUT2D eigenvalue weighted by Gasteiger charge is -2.37. The van der Waals surface area contributed by atoms with Gasteiger partial charge in [0.15, 0.2) is 0 Å². The average Bonchev–Trinajstić information content (AvgIpc) is 2.50. The van der Waals surface area contributed by atoms with E-state index in [0.717, 1.165) is 26.1 Å². The molecule has 1 atom stereocenters. The maximum absolute atomic E-state index is 10.1. The zero-order chi connectivity index (χ0) is 15.7. The van der Waals surface area contributed by atoms with Gasteiger partial charge in [-0.15, -0.1) is 0 Å². The number of aliphatic hydroxyl groups is 1. The highest BCUT2D eigenvalue weighted by molar-refractivity contribution is 5.25. The molecule has 1 rings (SSSR count). The van der Waals surface area contributed by atoms with Gasteiger partial charge in [0.1, 0.15) is 0 Å². The summed E-state index contributed by atoms with van der Waals surface area (Å²) >= 11 is 0. The van der Waals surface area contributed by atoms with Gasteiger partial charge in [0, 0.05) is 12.6 Å². The predicted molar refractivity (Wildman–Crippen MR) is 90.5 cm³/mol. The quantitative estimate of drug-likeness (QED) is 0.696. The first kappa shape index (κ1) is 18.1. The Morgan fingerprint density at radius 3 is 2.29 bits per heavy atom. The van der Waals surface area contributed by atoms with Gasteiger partial charge in [-0.2, -0.15) is 0 Å². The van der Waals surface area contributed by atoms with Gasteiger partial charge in [0.2, 0.25) is 0 Å². The summed E-state index contributed by atoms with van der Waals surface area (Å²) in [6, 6.07) is 10.7. The number of rotatable bonds is 10. The number of nitrogens with one attached hydrogen (secondary N) is 1. The van der Waals surface area contributed by atoms with Gasteiger partial charge < -0.3 is 15.3 Å². The molecule has 0 heterocycles. The third-order valence-corrected chi connectivity index (χ3v) is 4.00. The van der Waals surface area contributed by atoms with Crippen molar-refractivity contribution in [2.24, 2.45) is 0 Å². The van der Waals surface area contributed by atoms with Crippen molar-refractivity contribution in [3.8, 4) is 0 Å². The number of nitrogens with zero attached hydrogens (tertiary/aromatic N) is 1. The topological polar surface area (TPSA) is 35.5 Å². The van der Waals surface area contributed by atoms with Crippen molar-refractivity contribution in [2.45, 2.75) is 52.1 Å². The number of hydrogen-bond acceptors (Lipinski definition) is 3. The van der Waals surface area contributed by atoms with Crippen LogP contribution in [0.5, 0.6) is 0 Å². The molecule has 0 amide bonds. The fourth-order valence-corrected chi connectivity index (χ4v) is 2.92. The monoisotopic (exact) mass is 292 g/mol. The van der Waals surface area contributed by atoms with E-state index in [1.54, 1.807) is 0 Å². The molecular weight excluding hydrogens is 260 g/mol. The summed E-state index contributed by atoms with van der Waals surface area (Å²) in [4.78, 5) is 2.45. The zero-order valence-electron chi connectivity index (χ0n) is 14.1. The van der Waals surface area contributed by atoms with E-state index < -0.39 is 0 Å². The van der Waals surface area contributed by atoms with Crippen molar-refractivity contribution in [2.75, 3.05) is 26.2 Å². The minimum absolute atomic E-state index is 0.124. The zero-order valence-corrected chi connectivity index (χ0v) is 14.1. The minimum Gasteiger partial charge on any atom is -0.394 e. The van der Waals surface area contributed by atoms with E-state index in [4.69, 9.17) is 0 Å². The molecule has 0 bridgehead atoms. The fraction of sp³-hybridized carbons (Fsp3) is 0.667. The van der Waals surface area contributed by atoms with Crippen LogP contribution in [0.15, 0.2) is 30.3 Å². The fourth-order valence-electron chi connectivity index (χ4n) is 2.92. The number of aliphatic hydroxyl groups excluding tert-OH is 1. The van der Waals surface area contributed by atoms with E-state index in [1.807, 2.05) is 18.2 Å². The van der Waals surface area contributed by atoms with Gasteiger partial charge in [-0.05, 0) is 45.3 Å².